The van der Waals surface area contributed by atoms with Gasteiger partial charge in [0.05, 0.1) is 0 Å². The number of carbonyl (C=O) groups excluding carboxylic acids is 3. The smallest absolute Gasteiger partial charge is 0.240 e. The zero-order valence-corrected chi connectivity index (χ0v) is 19.6. The number of nitrogens with zero attached hydrogens (tertiary/aromatic N) is 2. The van der Waals surface area contributed by atoms with E-state index >= 15 is 0 Å². The van der Waals surface area contributed by atoms with Gasteiger partial charge in [0.2, 0.25) is 17.7 Å². The number of aryl methyl sites for hydroxylation is 2. The molecule has 0 aliphatic carbocycles. The summed E-state index contributed by atoms with van der Waals surface area (Å²) in [6.07, 6.45) is 2.30. The number of carbonyl (C=O) groups is 3. The predicted octanol–water partition coefficient (Wildman–Crippen LogP) is 4.02. The lowest BCUT2D eigenvalue weighted by atomic mass is 10.1. The number of para-hydroxylation sites is 1. The quantitative estimate of drug-likeness (QED) is 0.480. The minimum atomic E-state index is -0.302. The third-order valence-corrected chi connectivity index (χ3v) is 5.35. The van der Waals surface area contributed by atoms with Crippen molar-refractivity contribution in [1.82, 2.24) is 10.3 Å². The summed E-state index contributed by atoms with van der Waals surface area (Å²) in [5.74, 6) is -0.408. The highest BCUT2D eigenvalue weighted by molar-refractivity contribution is 6.01. The monoisotopic (exact) mass is 458 g/mol. The molecule has 0 saturated heterocycles. The Labute approximate surface area is 200 Å². The van der Waals surface area contributed by atoms with Gasteiger partial charge in [-0.2, -0.15) is 0 Å². The number of anilines is 2. The lowest BCUT2D eigenvalue weighted by molar-refractivity contribution is -0.125. The number of hydrogen-bond acceptors (Lipinski definition) is 4. The molecule has 0 atom stereocenters. The highest BCUT2D eigenvalue weighted by Gasteiger charge is 2.22. The summed E-state index contributed by atoms with van der Waals surface area (Å²) in [4.78, 5) is 43.9. The fourth-order valence-corrected chi connectivity index (χ4v) is 3.54. The molecule has 0 aliphatic heterocycles. The van der Waals surface area contributed by atoms with E-state index in [0.29, 0.717) is 24.5 Å². The molecule has 0 unspecified atom stereocenters. The maximum atomic E-state index is 13.2. The average Bonchev–Trinajstić information content (AvgIpc) is 2.85. The van der Waals surface area contributed by atoms with Gasteiger partial charge >= 0.3 is 0 Å². The second kappa shape index (κ2) is 12.3. The fourth-order valence-electron chi connectivity index (χ4n) is 3.54. The van der Waals surface area contributed by atoms with Crippen molar-refractivity contribution in [3.05, 3.63) is 89.6 Å². The molecule has 1 heterocycles. The number of pyridine rings is 1. The number of benzene rings is 2. The molecule has 3 rings (SSSR count). The Kier molecular flexibility index (Phi) is 8.91. The zero-order chi connectivity index (χ0) is 24.3. The molecule has 3 amide bonds. The third kappa shape index (κ3) is 7.27. The van der Waals surface area contributed by atoms with Gasteiger partial charge in [0.25, 0.3) is 0 Å². The van der Waals surface area contributed by atoms with Gasteiger partial charge in [-0.3, -0.25) is 14.4 Å². The molecule has 0 aliphatic rings. The van der Waals surface area contributed by atoms with Crippen LogP contribution in [0.15, 0.2) is 72.9 Å². The van der Waals surface area contributed by atoms with Crippen molar-refractivity contribution in [3.8, 4) is 0 Å². The standard InChI is InChI=1S/C27H30N4O3/c1-3-22-11-7-8-12-23(22)31(19-26(33)29-18-21-9-5-4-6-10-21)27(34)14-13-25(32)30-24-17-20(2)15-16-28-24/h4-12,15-17H,3,13-14,18-19H2,1-2H3,(H,29,33)(H,28,30,32). The Morgan fingerprint density at radius 2 is 1.65 bits per heavy atom. The summed E-state index contributed by atoms with van der Waals surface area (Å²) in [7, 11) is 0. The van der Waals surface area contributed by atoms with Crippen LogP contribution in [0.2, 0.25) is 0 Å². The van der Waals surface area contributed by atoms with Crippen molar-refractivity contribution in [1.29, 1.82) is 0 Å². The number of aromatic nitrogens is 1. The van der Waals surface area contributed by atoms with E-state index < -0.39 is 0 Å². The largest absolute Gasteiger partial charge is 0.350 e. The second-order valence-corrected chi connectivity index (χ2v) is 7.99. The Balaban J connectivity index is 1.66. The Hall–Kier alpha value is -4.00. The fraction of sp³-hybridized carbons (Fsp3) is 0.259. The first-order valence-electron chi connectivity index (χ1n) is 11.4. The molecule has 34 heavy (non-hydrogen) atoms. The molecular formula is C27H30N4O3. The molecule has 3 aromatic rings. The van der Waals surface area contributed by atoms with Crippen molar-refractivity contribution >= 4 is 29.2 Å². The lowest BCUT2D eigenvalue weighted by Gasteiger charge is -2.25. The van der Waals surface area contributed by atoms with Crippen LogP contribution in [0.3, 0.4) is 0 Å². The molecule has 2 aromatic carbocycles. The summed E-state index contributed by atoms with van der Waals surface area (Å²) in [6.45, 7) is 4.17. The van der Waals surface area contributed by atoms with Crippen LogP contribution < -0.4 is 15.5 Å². The molecule has 0 radical (unpaired) electrons. The van der Waals surface area contributed by atoms with Crippen molar-refractivity contribution < 1.29 is 14.4 Å². The van der Waals surface area contributed by atoms with E-state index in [2.05, 4.69) is 15.6 Å². The molecule has 7 nitrogen and oxygen atoms in total. The summed E-state index contributed by atoms with van der Waals surface area (Å²) in [5.41, 5.74) is 3.60. The number of amides is 3. The third-order valence-electron chi connectivity index (χ3n) is 5.35. The van der Waals surface area contributed by atoms with E-state index in [9.17, 15) is 14.4 Å². The second-order valence-electron chi connectivity index (χ2n) is 7.99. The maximum Gasteiger partial charge on any atom is 0.240 e. The Bertz CT molecular complexity index is 1130. The highest BCUT2D eigenvalue weighted by atomic mass is 16.2. The van der Waals surface area contributed by atoms with Crippen LogP contribution in [-0.2, 0) is 27.3 Å². The Morgan fingerprint density at radius 1 is 0.912 bits per heavy atom. The van der Waals surface area contributed by atoms with Gasteiger partial charge in [0.1, 0.15) is 12.4 Å². The van der Waals surface area contributed by atoms with Crippen LogP contribution in [0.5, 0.6) is 0 Å². The summed E-state index contributed by atoms with van der Waals surface area (Å²) < 4.78 is 0. The number of nitrogens with one attached hydrogen (secondary N) is 2. The van der Waals surface area contributed by atoms with Gasteiger partial charge in [-0.05, 0) is 48.2 Å². The summed E-state index contributed by atoms with van der Waals surface area (Å²) >= 11 is 0. The first-order valence-corrected chi connectivity index (χ1v) is 11.4. The molecule has 0 saturated carbocycles. The first kappa shape index (κ1) is 24.6. The van der Waals surface area contributed by atoms with Crippen molar-refractivity contribution in [2.75, 3.05) is 16.8 Å². The van der Waals surface area contributed by atoms with Crippen molar-refractivity contribution in [3.63, 3.8) is 0 Å². The van der Waals surface area contributed by atoms with Gasteiger partial charge < -0.3 is 15.5 Å². The van der Waals surface area contributed by atoms with E-state index in [0.717, 1.165) is 16.7 Å². The van der Waals surface area contributed by atoms with Gasteiger partial charge in [-0.15, -0.1) is 0 Å². The van der Waals surface area contributed by atoms with Crippen LogP contribution in [-0.4, -0.2) is 29.3 Å². The molecule has 0 spiro atoms. The highest BCUT2D eigenvalue weighted by Crippen LogP contribution is 2.22. The van der Waals surface area contributed by atoms with Gasteiger partial charge in [-0.1, -0.05) is 55.5 Å². The van der Waals surface area contributed by atoms with Crippen molar-refractivity contribution in [2.45, 2.75) is 39.7 Å². The summed E-state index contributed by atoms with van der Waals surface area (Å²) in [6, 6.07) is 20.7. The van der Waals surface area contributed by atoms with Crippen LogP contribution in [0.4, 0.5) is 11.5 Å². The van der Waals surface area contributed by atoms with Gasteiger partial charge in [0.15, 0.2) is 0 Å². The number of rotatable bonds is 10. The Morgan fingerprint density at radius 3 is 2.38 bits per heavy atom. The maximum absolute atomic E-state index is 13.2. The van der Waals surface area contributed by atoms with E-state index in [1.807, 2.05) is 74.5 Å². The topological polar surface area (TPSA) is 91.4 Å². The molecule has 0 fully saturated rings. The molecule has 2 N–H and O–H groups in total. The summed E-state index contributed by atoms with van der Waals surface area (Å²) in [5, 5.41) is 5.59. The average molecular weight is 459 g/mol. The molecule has 0 bridgehead atoms. The van der Waals surface area contributed by atoms with Gasteiger partial charge in [-0.25, -0.2) is 4.98 Å². The van der Waals surface area contributed by atoms with Crippen LogP contribution in [0.1, 0.15) is 36.5 Å². The van der Waals surface area contributed by atoms with E-state index in [-0.39, 0.29) is 37.1 Å². The molecule has 7 heteroatoms. The van der Waals surface area contributed by atoms with Gasteiger partial charge in [0, 0.05) is 31.3 Å². The van der Waals surface area contributed by atoms with Crippen molar-refractivity contribution in [2.24, 2.45) is 0 Å². The normalized spacial score (nSPS) is 10.4. The zero-order valence-electron chi connectivity index (χ0n) is 19.6. The van der Waals surface area contributed by atoms with Crippen LogP contribution in [0.25, 0.3) is 0 Å². The van der Waals surface area contributed by atoms with E-state index in [4.69, 9.17) is 0 Å². The van der Waals surface area contributed by atoms with E-state index in [1.165, 1.54) is 4.90 Å². The molecule has 176 valence electrons. The minimum Gasteiger partial charge on any atom is -0.350 e. The molecular weight excluding hydrogens is 428 g/mol. The number of hydrogen-bond donors (Lipinski definition) is 2. The SMILES string of the molecule is CCc1ccccc1N(CC(=O)NCc1ccccc1)C(=O)CCC(=O)Nc1cc(C)ccn1. The van der Waals surface area contributed by atoms with Crippen LogP contribution >= 0.6 is 0 Å². The predicted molar refractivity (Wildman–Crippen MR) is 133 cm³/mol. The van der Waals surface area contributed by atoms with Crippen LogP contribution in [0, 0.1) is 6.92 Å². The minimum absolute atomic E-state index is 0.00905. The van der Waals surface area contributed by atoms with E-state index in [1.54, 1.807) is 12.3 Å². The first-order chi connectivity index (χ1) is 16.5. The molecule has 1 aromatic heterocycles. The lowest BCUT2D eigenvalue weighted by Crippen LogP contribution is -2.41.